The van der Waals surface area contributed by atoms with E-state index >= 15 is 0 Å². The number of nitrogens with one attached hydrogen (secondary N) is 1. The van der Waals surface area contributed by atoms with Gasteiger partial charge in [-0.15, -0.1) is 0 Å². The van der Waals surface area contributed by atoms with Crippen LogP contribution in [0.25, 0.3) is 0 Å². The fourth-order valence-electron chi connectivity index (χ4n) is 4.10. The average Bonchev–Trinajstić information content (AvgIpc) is 2.59. The summed E-state index contributed by atoms with van der Waals surface area (Å²) in [6, 6.07) is 10.2. The van der Waals surface area contributed by atoms with Crippen molar-refractivity contribution < 1.29 is 8.42 Å². The molecule has 0 saturated carbocycles. The van der Waals surface area contributed by atoms with E-state index < -0.39 is 10.2 Å². The van der Waals surface area contributed by atoms with Crippen LogP contribution in [0.1, 0.15) is 71.1 Å². The summed E-state index contributed by atoms with van der Waals surface area (Å²) in [7, 11) is -3.78. The lowest BCUT2D eigenvalue weighted by atomic mass is 9.94. The van der Waals surface area contributed by atoms with E-state index in [9.17, 15) is 8.42 Å². The maximum atomic E-state index is 11.9. The van der Waals surface area contributed by atoms with E-state index in [1.54, 1.807) is 0 Å². The highest BCUT2D eigenvalue weighted by atomic mass is 32.2. The molecule has 1 heterocycles. The minimum absolute atomic E-state index is 0.251. The quantitative estimate of drug-likeness (QED) is 0.484. The van der Waals surface area contributed by atoms with E-state index in [0.29, 0.717) is 0 Å². The van der Waals surface area contributed by atoms with Gasteiger partial charge >= 0.3 is 10.2 Å². The Bertz CT molecular complexity index is 606. The molecule has 0 spiro atoms. The Labute approximate surface area is 153 Å². The van der Waals surface area contributed by atoms with E-state index in [2.05, 4.69) is 11.8 Å². The SMILES string of the molecule is CCCCCCCCC1CCCC[N+]1(NS(N)(=O)=O)c1ccccc1. The Morgan fingerprint density at radius 2 is 1.76 bits per heavy atom. The monoisotopic (exact) mass is 368 g/mol. The zero-order valence-electron chi connectivity index (χ0n) is 15.5. The van der Waals surface area contributed by atoms with Crippen molar-refractivity contribution in [1.29, 1.82) is 0 Å². The molecule has 0 bridgehead atoms. The number of nitrogens with zero attached hydrogens (tertiary/aromatic N) is 1. The molecule has 0 radical (unpaired) electrons. The van der Waals surface area contributed by atoms with Crippen LogP contribution in [0.15, 0.2) is 30.3 Å². The molecule has 2 rings (SSSR count). The Morgan fingerprint density at radius 3 is 2.44 bits per heavy atom. The number of rotatable bonds is 10. The smallest absolute Gasteiger partial charge is 0.212 e. The van der Waals surface area contributed by atoms with E-state index in [1.165, 1.54) is 32.1 Å². The highest BCUT2D eigenvalue weighted by Gasteiger charge is 2.44. The van der Waals surface area contributed by atoms with E-state index in [-0.39, 0.29) is 10.6 Å². The molecule has 2 unspecified atom stereocenters. The summed E-state index contributed by atoms with van der Waals surface area (Å²) in [6.07, 6.45) is 11.7. The molecule has 142 valence electrons. The molecule has 0 amide bonds. The molecule has 6 heteroatoms. The van der Waals surface area contributed by atoms with Gasteiger partial charge in [0, 0.05) is 25.0 Å². The first-order chi connectivity index (χ1) is 12.0. The molecule has 0 aliphatic carbocycles. The highest BCUT2D eigenvalue weighted by Crippen LogP contribution is 2.34. The standard InChI is InChI=1S/C19H34N3O2S/c1-2-3-4-5-6-8-13-19-16-11-12-17-22(19,21-25(20,23)24)18-14-9-7-10-15-18/h7,9-10,14-15,19,21H,2-6,8,11-13,16-17H2,1H3,(H2,20,23,24)/q+1. The number of para-hydroxylation sites is 1. The van der Waals surface area contributed by atoms with Crippen LogP contribution >= 0.6 is 0 Å². The zero-order valence-corrected chi connectivity index (χ0v) is 16.3. The molecule has 0 aromatic heterocycles. The predicted octanol–water partition coefficient (Wildman–Crippen LogP) is 4.01. The van der Waals surface area contributed by atoms with Gasteiger partial charge in [-0.05, 0) is 24.1 Å². The van der Waals surface area contributed by atoms with Crippen LogP contribution in [-0.2, 0) is 10.2 Å². The highest BCUT2D eigenvalue weighted by molar-refractivity contribution is 7.87. The first kappa shape index (κ1) is 20.4. The van der Waals surface area contributed by atoms with Crippen LogP contribution in [0, 0.1) is 0 Å². The van der Waals surface area contributed by atoms with Gasteiger partial charge in [-0.1, -0.05) is 57.2 Å². The Morgan fingerprint density at radius 1 is 1.08 bits per heavy atom. The van der Waals surface area contributed by atoms with Gasteiger partial charge in [0.1, 0.15) is 12.6 Å². The summed E-state index contributed by atoms with van der Waals surface area (Å²) in [6.45, 7) is 2.99. The fourth-order valence-corrected chi connectivity index (χ4v) is 4.90. The zero-order chi connectivity index (χ0) is 18.2. The number of quaternary nitrogens is 1. The molecule has 2 atom stereocenters. The summed E-state index contributed by atoms with van der Waals surface area (Å²) in [5, 5.41) is 5.41. The third-order valence-electron chi connectivity index (χ3n) is 5.32. The van der Waals surface area contributed by atoms with Gasteiger partial charge in [-0.3, -0.25) is 0 Å². The van der Waals surface area contributed by atoms with Crippen molar-refractivity contribution in [2.24, 2.45) is 5.14 Å². The molecule has 3 N–H and O–H groups in total. The van der Waals surface area contributed by atoms with Crippen molar-refractivity contribution >= 4 is 15.9 Å². The molecule has 1 fully saturated rings. The summed E-state index contributed by atoms with van der Waals surface area (Å²) in [5.41, 5.74) is 0.993. The molecule has 25 heavy (non-hydrogen) atoms. The number of piperidine rings is 1. The third kappa shape index (κ3) is 6.06. The lowest BCUT2D eigenvalue weighted by Crippen LogP contribution is -2.69. The van der Waals surface area contributed by atoms with Crippen molar-refractivity contribution in [1.82, 2.24) is 9.42 Å². The number of hydrogen-bond acceptors (Lipinski definition) is 2. The largest absolute Gasteiger partial charge is 0.317 e. The summed E-state index contributed by atoms with van der Waals surface area (Å²) < 4.78 is 24.1. The lowest BCUT2D eigenvalue weighted by Gasteiger charge is -2.45. The van der Waals surface area contributed by atoms with Gasteiger partial charge in [0.05, 0.1) is 0 Å². The van der Waals surface area contributed by atoms with Crippen molar-refractivity contribution in [3.8, 4) is 0 Å². The summed E-state index contributed by atoms with van der Waals surface area (Å²) >= 11 is 0. The first-order valence-electron chi connectivity index (χ1n) is 9.73. The Kier molecular flexibility index (Phi) is 7.87. The van der Waals surface area contributed by atoms with Crippen LogP contribution in [0.2, 0.25) is 0 Å². The maximum Gasteiger partial charge on any atom is 0.317 e. The van der Waals surface area contributed by atoms with Crippen molar-refractivity contribution in [2.45, 2.75) is 77.2 Å². The van der Waals surface area contributed by atoms with Crippen LogP contribution in [-0.4, -0.2) is 21.0 Å². The van der Waals surface area contributed by atoms with Crippen LogP contribution in [0.5, 0.6) is 0 Å². The molecular formula is C19H34N3O2S+. The second kappa shape index (κ2) is 9.67. The molecule has 1 aromatic rings. The molecular weight excluding hydrogens is 334 g/mol. The molecule has 1 aromatic carbocycles. The molecule has 1 aliphatic heterocycles. The van der Waals surface area contributed by atoms with Crippen molar-refractivity contribution in [3.63, 3.8) is 0 Å². The maximum absolute atomic E-state index is 11.9. The van der Waals surface area contributed by atoms with Crippen molar-refractivity contribution in [3.05, 3.63) is 30.3 Å². The lowest BCUT2D eigenvalue weighted by molar-refractivity contribution is 0.117. The van der Waals surface area contributed by atoms with Gasteiger partial charge < -0.3 is 0 Å². The summed E-state index contributed by atoms with van der Waals surface area (Å²) in [4.78, 5) is 2.79. The minimum Gasteiger partial charge on any atom is -0.212 e. The molecule has 1 aliphatic rings. The summed E-state index contributed by atoms with van der Waals surface area (Å²) in [5.74, 6) is 0. The Balaban J connectivity index is 2.13. The molecule has 5 nitrogen and oxygen atoms in total. The fraction of sp³-hybridized carbons (Fsp3) is 0.684. The third-order valence-corrected chi connectivity index (χ3v) is 5.90. The number of nitrogens with two attached hydrogens (primary N) is 1. The van der Waals surface area contributed by atoms with E-state index in [4.69, 9.17) is 5.14 Å². The van der Waals surface area contributed by atoms with Gasteiger partial charge in [-0.25, -0.2) is 5.14 Å². The van der Waals surface area contributed by atoms with Crippen LogP contribution in [0.3, 0.4) is 0 Å². The predicted molar refractivity (Wildman–Crippen MR) is 105 cm³/mol. The van der Waals surface area contributed by atoms with E-state index in [0.717, 1.165) is 44.3 Å². The van der Waals surface area contributed by atoms with Gasteiger partial charge in [-0.2, -0.15) is 13.0 Å². The van der Waals surface area contributed by atoms with Gasteiger partial charge in [0.2, 0.25) is 0 Å². The second-order valence-corrected chi connectivity index (χ2v) is 8.54. The number of unbranched alkanes of at least 4 members (excludes halogenated alkanes) is 5. The van der Waals surface area contributed by atoms with Crippen LogP contribution in [0.4, 0.5) is 5.69 Å². The number of benzene rings is 1. The van der Waals surface area contributed by atoms with Gasteiger partial charge in [0.25, 0.3) is 0 Å². The topological polar surface area (TPSA) is 72.2 Å². The van der Waals surface area contributed by atoms with E-state index in [1.807, 2.05) is 30.3 Å². The minimum atomic E-state index is -3.78. The van der Waals surface area contributed by atoms with Gasteiger partial charge in [0.15, 0.2) is 5.69 Å². The second-order valence-electron chi connectivity index (χ2n) is 7.27. The first-order valence-corrected chi connectivity index (χ1v) is 11.3. The number of hydrogen-bond donors (Lipinski definition) is 2. The van der Waals surface area contributed by atoms with Crippen LogP contribution < -0.4 is 14.6 Å². The average molecular weight is 369 g/mol. The van der Waals surface area contributed by atoms with Crippen molar-refractivity contribution in [2.75, 3.05) is 6.54 Å². The molecule has 1 saturated heterocycles. The Hall–Kier alpha value is -0.950. The normalized spacial score (nSPS) is 24.3.